The number of hydrogen-bond donors (Lipinski definition) is 1. The van der Waals surface area contributed by atoms with Gasteiger partial charge in [0.15, 0.2) is 0 Å². The van der Waals surface area contributed by atoms with E-state index in [4.69, 9.17) is 0 Å². The van der Waals surface area contributed by atoms with E-state index >= 15 is 0 Å². The first kappa shape index (κ1) is 13.3. The number of nitrogens with zero attached hydrogens (tertiary/aromatic N) is 4. The highest BCUT2D eigenvalue weighted by molar-refractivity contribution is 7.99. The van der Waals surface area contributed by atoms with E-state index in [-0.39, 0.29) is 5.75 Å². The van der Waals surface area contributed by atoms with Crippen molar-refractivity contribution in [3.63, 3.8) is 0 Å². The van der Waals surface area contributed by atoms with Crippen LogP contribution in [-0.4, -0.2) is 45.0 Å². The Kier molecular flexibility index (Phi) is 5.61. The lowest BCUT2D eigenvalue weighted by atomic mass is 10.4. The normalized spacial score (nSPS) is 11.6. The predicted molar refractivity (Wildman–Crippen MR) is 57.7 cm³/mol. The van der Waals surface area contributed by atoms with Gasteiger partial charge in [0.1, 0.15) is 0 Å². The number of nitrogens with one attached hydrogen (secondary N) is 1. The highest BCUT2D eigenvalue weighted by Gasteiger charge is 2.10. The summed E-state index contributed by atoms with van der Waals surface area (Å²) in [5.41, 5.74) is 0. The zero-order valence-electron chi connectivity index (χ0n) is 9.23. The molecular formula is C8H15F2N5S. The molecule has 16 heavy (non-hydrogen) atoms. The van der Waals surface area contributed by atoms with E-state index in [0.717, 1.165) is 11.8 Å². The van der Waals surface area contributed by atoms with Crippen LogP contribution in [0.4, 0.5) is 8.78 Å². The Balaban J connectivity index is 2.38. The van der Waals surface area contributed by atoms with Crippen LogP contribution < -0.4 is 5.32 Å². The van der Waals surface area contributed by atoms with Gasteiger partial charge in [-0.05, 0) is 10.4 Å². The van der Waals surface area contributed by atoms with Gasteiger partial charge in [-0.2, -0.15) is 0 Å². The molecule has 5 nitrogen and oxygen atoms in total. The molecule has 1 N–H and O–H groups in total. The summed E-state index contributed by atoms with van der Waals surface area (Å²) < 4.78 is 25.5. The zero-order chi connectivity index (χ0) is 12.0. The summed E-state index contributed by atoms with van der Waals surface area (Å²) in [6.07, 6.45) is -2.34. The van der Waals surface area contributed by atoms with Gasteiger partial charge in [-0.1, -0.05) is 25.6 Å². The minimum absolute atomic E-state index is 0.280. The van der Waals surface area contributed by atoms with Gasteiger partial charge in [0.2, 0.25) is 11.6 Å². The molecule has 0 bridgehead atoms. The Morgan fingerprint density at radius 2 is 2.19 bits per heavy atom. The lowest BCUT2D eigenvalue weighted by molar-refractivity contribution is 0.176. The van der Waals surface area contributed by atoms with Gasteiger partial charge >= 0.3 is 0 Å². The molecule has 92 valence electrons. The second-order valence-corrected chi connectivity index (χ2v) is 4.48. The lowest BCUT2D eigenvalue weighted by Crippen LogP contribution is -2.27. The van der Waals surface area contributed by atoms with E-state index < -0.39 is 6.43 Å². The Labute approximate surface area is 97.0 Å². The van der Waals surface area contributed by atoms with E-state index in [1.807, 2.05) is 13.8 Å². The molecule has 0 atom stereocenters. The molecule has 0 spiro atoms. The van der Waals surface area contributed by atoms with Crippen LogP contribution in [0.5, 0.6) is 0 Å². The standard InChI is InChI=1S/C8H15F2N5S/c1-6(2)11-3-4-15-8(12-13-14-15)16-5-7(9)10/h6-7,11H,3-5H2,1-2H3. The fourth-order valence-electron chi connectivity index (χ4n) is 1.04. The van der Waals surface area contributed by atoms with Crippen molar-refractivity contribution in [1.82, 2.24) is 25.5 Å². The van der Waals surface area contributed by atoms with E-state index in [2.05, 4.69) is 20.8 Å². The SMILES string of the molecule is CC(C)NCCn1nnnc1SCC(F)F. The van der Waals surface area contributed by atoms with Crippen LogP contribution in [0.1, 0.15) is 13.8 Å². The second-order valence-electron chi connectivity index (χ2n) is 3.50. The third-order valence-corrected chi connectivity index (χ3v) is 2.68. The van der Waals surface area contributed by atoms with Crippen molar-refractivity contribution >= 4 is 11.8 Å². The van der Waals surface area contributed by atoms with Crippen LogP contribution in [0.25, 0.3) is 0 Å². The van der Waals surface area contributed by atoms with E-state index in [1.54, 1.807) is 0 Å². The summed E-state index contributed by atoms with van der Waals surface area (Å²) >= 11 is 0.970. The van der Waals surface area contributed by atoms with Crippen LogP contribution in [-0.2, 0) is 6.54 Å². The van der Waals surface area contributed by atoms with Crippen LogP contribution in [0, 0.1) is 0 Å². The summed E-state index contributed by atoms with van der Waals surface area (Å²) in [5, 5.41) is 14.5. The molecular weight excluding hydrogens is 236 g/mol. The van der Waals surface area contributed by atoms with Gasteiger partial charge in [0, 0.05) is 12.6 Å². The number of rotatable bonds is 7. The average molecular weight is 251 g/mol. The Morgan fingerprint density at radius 1 is 1.44 bits per heavy atom. The highest BCUT2D eigenvalue weighted by Crippen LogP contribution is 2.16. The van der Waals surface area contributed by atoms with E-state index in [0.29, 0.717) is 24.3 Å². The molecule has 0 saturated heterocycles. The first-order valence-corrected chi connectivity index (χ1v) is 5.98. The Morgan fingerprint density at radius 3 is 2.81 bits per heavy atom. The molecule has 0 aliphatic carbocycles. The molecule has 0 aliphatic heterocycles. The summed E-state index contributed by atoms with van der Waals surface area (Å²) in [7, 11) is 0. The molecule has 1 rings (SSSR count). The monoisotopic (exact) mass is 251 g/mol. The van der Waals surface area contributed by atoms with Crippen molar-refractivity contribution in [2.24, 2.45) is 0 Å². The maximum Gasteiger partial charge on any atom is 0.248 e. The molecule has 0 fully saturated rings. The number of aromatic nitrogens is 4. The zero-order valence-corrected chi connectivity index (χ0v) is 10.0. The number of hydrogen-bond acceptors (Lipinski definition) is 5. The summed E-state index contributed by atoms with van der Waals surface area (Å²) in [4.78, 5) is 0. The maximum absolute atomic E-state index is 12.0. The van der Waals surface area contributed by atoms with Gasteiger partial charge in [-0.25, -0.2) is 13.5 Å². The van der Waals surface area contributed by atoms with E-state index in [1.165, 1.54) is 4.68 Å². The van der Waals surface area contributed by atoms with Gasteiger partial charge in [0.25, 0.3) is 0 Å². The largest absolute Gasteiger partial charge is 0.313 e. The number of thioether (sulfide) groups is 1. The van der Waals surface area contributed by atoms with Crippen molar-refractivity contribution in [3.8, 4) is 0 Å². The second kappa shape index (κ2) is 6.74. The van der Waals surface area contributed by atoms with Gasteiger partial charge in [-0.15, -0.1) is 5.10 Å². The number of alkyl halides is 2. The van der Waals surface area contributed by atoms with Gasteiger partial charge < -0.3 is 5.32 Å². The smallest absolute Gasteiger partial charge is 0.248 e. The predicted octanol–water partition coefficient (Wildman–Crippen LogP) is 1.03. The maximum atomic E-state index is 12.0. The highest BCUT2D eigenvalue weighted by atomic mass is 32.2. The minimum atomic E-state index is -2.34. The molecule has 1 aromatic rings. The van der Waals surface area contributed by atoms with Crippen LogP contribution in [0.3, 0.4) is 0 Å². The topological polar surface area (TPSA) is 55.6 Å². The van der Waals surface area contributed by atoms with Crippen LogP contribution in [0.2, 0.25) is 0 Å². The molecule has 8 heteroatoms. The lowest BCUT2D eigenvalue weighted by Gasteiger charge is -2.08. The molecule has 0 amide bonds. The number of tetrazole rings is 1. The number of halogens is 2. The first-order valence-electron chi connectivity index (χ1n) is 5.00. The van der Waals surface area contributed by atoms with Crippen molar-refractivity contribution in [3.05, 3.63) is 0 Å². The summed E-state index contributed by atoms with van der Waals surface area (Å²) in [5.74, 6) is -0.280. The van der Waals surface area contributed by atoms with Crippen molar-refractivity contribution in [1.29, 1.82) is 0 Å². The summed E-state index contributed by atoms with van der Waals surface area (Å²) in [6, 6.07) is 0.383. The van der Waals surface area contributed by atoms with Crippen LogP contribution in [0.15, 0.2) is 5.16 Å². The van der Waals surface area contributed by atoms with E-state index in [9.17, 15) is 8.78 Å². The minimum Gasteiger partial charge on any atom is -0.313 e. The molecule has 0 saturated carbocycles. The van der Waals surface area contributed by atoms with Crippen molar-refractivity contribution in [2.75, 3.05) is 12.3 Å². The quantitative estimate of drug-likeness (QED) is 0.733. The van der Waals surface area contributed by atoms with Gasteiger partial charge in [-0.3, -0.25) is 0 Å². The average Bonchev–Trinajstić information content (AvgIpc) is 2.62. The molecule has 0 radical (unpaired) electrons. The first-order chi connectivity index (χ1) is 7.59. The molecule has 1 aromatic heterocycles. The molecule has 0 aliphatic rings. The third-order valence-electron chi connectivity index (χ3n) is 1.71. The molecule has 0 unspecified atom stereocenters. The van der Waals surface area contributed by atoms with Crippen LogP contribution >= 0.6 is 11.8 Å². The molecule has 0 aromatic carbocycles. The van der Waals surface area contributed by atoms with Crippen molar-refractivity contribution < 1.29 is 8.78 Å². The fraction of sp³-hybridized carbons (Fsp3) is 0.875. The van der Waals surface area contributed by atoms with Gasteiger partial charge in [0.05, 0.1) is 12.3 Å². The summed E-state index contributed by atoms with van der Waals surface area (Å²) in [6.45, 7) is 5.36. The third kappa shape index (κ3) is 4.84. The Bertz CT molecular complexity index is 304. The fourth-order valence-corrected chi connectivity index (χ4v) is 1.68. The molecule has 1 heterocycles. The van der Waals surface area contributed by atoms with Crippen molar-refractivity contribution in [2.45, 2.75) is 38.0 Å². The Hall–Kier alpha value is -0.760.